The van der Waals surface area contributed by atoms with Gasteiger partial charge >= 0.3 is 0 Å². The molecule has 1 unspecified atom stereocenters. The first-order chi connectivity index (χ1) is 8.22. The number of aldehydes is 1. The van der Waals surface area contributed by atoms with Gasteiger partial charge in [-0.3, -0.25) is 9.69 Å². The highest BCUT2D eigenvalue weighted by atomic mass is 16.3. The Morgan fingerprint density at radius 2 is 2.00 bits per heavy atom. The van der Waals surface area contributed by atoms with Crippen LogP contribution in [-0.4, -0.2) is 29.4 Å². The lowest BCUT2D eigenvalue weighted by Gasteiger charge is -2.32. The highest BCUT2D eigenvalue weighted by Gasteiger charge is 2.20. The normalized spacial score (nSPS) is 18.9. The van der Waals surface area contributed by atoms with Crippen LogP contribution >= 0.6 is 0 Å². The Morgan fingerprint density at radius 3 is 2.65 bits per heavy atom. The predicted octanol–water partition coefficient (Wildman–Crippen LogP) is 2.75. The van der Waals surface area contributed by atoms with Crippen LogP contribution in [0.4, 0.5) is 0 Å². The molecule has 0 aliphatic carbocycles. The van der Waals surface area contributed by atoms with Crippen molar-refractivity contribution in [3.63, 3.8) is 0 Å². The number of rotatable bonds is 3. The minimum atomic E-state index is 0.176. The van der Waals surface area contributed by atoms with Crippen molar-refractivity contribution in [1.82, 2.24) is 4.90 Å². The Bertz CT molecular complexity index is 397. The number of aromatic hydroxyl groups is 1. The van der Waals surface area contributed by atoms with E-state index in [-0.39, 0.29) is 11.8 Å². The van der Waals surface area contributed by atoms with Gasteiger partial charge in [0.05, 0.1) is 0 Å². The number of phenols is 1. The van der Waals surface area contributed by atoms with Crippen molar-refractivity contribution in [1.29, 1.82) is 0 Å². The number of carbonyl (C=O) groups excluding carboxylic acids is 1. The highest BCUT2D eigenvalue weighted by molar-refractivity contribution is 5.75. The van der Waals surface area contributed by atoms with Crippen LogP contribution in [0.15, 0.2) is 18.2 Å². The summed E-state index contributed by atoms with van der Waals surface area (Å²) in [6.07, 6.45) is 4.56. The van der Waals surface area contributed by atoms with Crippen molar-refractivity contribution < 1.29 is 9.90 Å². The molecule has 2 rings (SSSR count). The zero-order chi connectivity index (χ0) is 12.3. The molecule has 0 bridgehead atoms. The topological polar surface area (TPSA) is 40.5 Å². The molecular formula is C14H19NO2. The molecule has 3 nitrogen and oxygen atoms in total. The molecule has 1 heterocycles. The van der Waals surface area contributed by atoms with E-state index in [0.717, 1.165) is 24.9 Å². The van der Waals surface area contributed by atoms with Gasteiger partial charge in [0.2, 0.25) is 0 Å². The van der Waals surface area contributed by atoms with E-state index in [1.165, 1.54) is 19.3 Å². The third-order valence-electron chi connectivity index (χ3n) is 3.58. The summed E-state index contributed by atoms with van der Waals surface area (Å²) >= 11 is 0. The van der Waals surface area contributed by atoms with Gasteiger partial charge in [-0.1, -0.05) is 6.42 Å². The van der Waals surface area contributed by atoms with Crippen LogP contribution in [0, 0.1) is 0 Å². The Kier molecular flexibility index (Phi) is 3.79. The van der Waals surface area contributed by atoms with Gasteiger partial charge in [0.15, 0.2) is 0 Å². The van der Waals surface area contributed by atoms with E-state index in [4.69, 9.17) is 0 Å². The Hall–Kier alpha value is -1.35. The lowest BCUT2D eigenvalue weighted by Crippen LogP contribution is -2.32. The first-order valence-corrected chi connectivity index (χ1v) is 6.24. The van der Waals surface area contributed by atoms with E-state index in [0.29, 0.717) is 5.56 Å². The first kappa shape index (κ1) is 12.1. The van der Waals surface area contributed by atoms with Gasteiger partial charge in [-0.05, 0) is 51.1 Å². The second-order valence-electron chi connectivity index (χ2n) is 4.71. The molecule has 0 radical (unpaired) electrons. The Morgan fingerprint density at radius 1 is 1.29 bits per heavy atom. The van der Waals surface area contributed by atoms with Crippen molar-refractivity contribution in [2.75, 3.05) is 13.1 Å². The summed E-state index contributed by atoms with van der Waals surface area (Å²) in [4.78, 5) is 13.1. The van der Waals surface area contributed by atoms with Gasteiger partial charge in [-0.25, -0.2) is 0 Å². The number of benzene rings is 1. The average Bonchev–Trinajstić information content (AvgIpc) is 2.39. The second-order valence-corrected chi connectivity index (χ2v) is 4.71. The number of carbonyl (C=O) groups is 1. The van der Waals surface area contributed by atoms with Crippen molar-refractivity contribution >= 4 is 6.29 Å². The molecule has 17 heavy (non-hydrogen) atoms. The maximum atomic E-state index is 10.8. The van der Waals surface area contributed by atoms with Crippen LogP contribution in [0.1, 0.15) is 48.1 Å². The van der Waals surface area contributed by atoms with Gasteiger partial charge in [-0.2, -0.15) is 0 Å². The van der Waals surface area contributed by atoms with Crippen LogP contribution < -0.4 is 0 Å². The van der Waals surface area contributed by atoms with Crippen LogP contribution in [0.25, 0.3) is 0 Å². The molecule has 0 saturated carbocycles. The van der Waals surface area contributed by atoms with Crippen molar-refractivity contribution in [3.8, 4) is 5.75 Å². The second kappa shape index (κ2) is 5.32. The third-order valence-corrected chi connectivity index (χ3v) is 3.58. The SMILES string of the molecule is CC(c1cc(C=O)ccc1O)N1CCCCC1. The van der Waals surface area contributed by atoms with Gasteiger partial charge in [0, 0.05) is 17.2 Å². The molecule has 1 atom stereocenters. The Labute approximate surface area is 102 Å². The smallest absolute Gasteiger partial charge is 0.150 e. The summed E-state index contributed by atoms with van der Waals surface area (Å²) in [6, 6.07) is 5.23. The maximum absolute atomic E-state index is 10.8. The molecule has 1 saturated heterocycles. The van der Waals surface area contributed by atoms with Crippen molar-refractivity contribution in [2.24, 2.45) is 0 Å². The van der Waals surface area contributed by atoms with Crippen molar-refractivity contribution in [2.45, 2.75) is 32.2 Å². The molecular weight excluding hydrogens is 214 g/mol. The van der Waals surface area contributed by atoms with E-state index >= 15 is 0 Å². The molecule has 0 aromatic heterocycles. The van der Waals surface area contributed by atoms with E-state index in [1.807, 2.05) is 0 Å². The van der Waals surface area contributed by atoms with Crippen LogP contribution in [-0.2, 0) is 0 Å². The summed E-state index contributed by atoms with van der Waals surface area (Å²) in [5, 5.41) is 9.89. The molecule has 3 heteroatoms. The third kappa shape index (κ3) is 2.67. The summed E-state index contributed by atoms with van der Waals surface area (Å²) in [6.45, 7) is 4.24. The minimum absolute atomic E-state index is 0.176. The molecule has 1 aliphatic heterocycles. The van der Waals surface area contributed by atoms with Gasteiger partial charge in [0.25, 0.3) is 0 Å². The standard InChI is InChI=1S/C14H19NO2/c1-11(15-7-3-2-4-8-15)13-9-12(10-16)5-6-14(13)17/h5-6,9-11,17H,2-4,7-8H2,1H3. The molecule has 0 amide bonds. The fraction of sp³-hybridized carbons (Fsp3) is 0.500. The number of hydrogen-bond donors (Lipinski definition) is 1. The fourth-order valence-electron chi connectivity index (χ4n) is 2.48. The molecule has 1 aliphatic rings. The zero-order valence-electron chi connectivity index (χ0n) is 10.2. The van der Waals surface area contributed by atoms with Gasteiger partial charge in [0.1, 0.15) is 12.0 Å². The molecule has 1 N–H and O–H groups in total. The van der Waals surface area contributed by atoms with E-state index in [9.17, 15) is 9.90 Å². The predicted molar refractivity (Wildman–Crippen MR) is 67.3 cm³/mol. The molecule has 1 aromatic rings. The zero-order valence-corrected chi connectivity index (χ0v) is 10.2. The quantitative estimate of drug-likeness (QED) is 0.816. The number of hydrogen-bond acceptors (Lipinski definition) is 3. The number of piperidine rings is 1. The van der Waals surface area contributed by atoms with Crippen LogP contribution in [0.5, 0.6) is 5.75 Å². The summed E-state index contributed by atoms with van der Waals surface area (Å²) < 4.78 is 0. The molecule has 0 spiro atoms. The average molecular weight is 233 g/mol. The molecule has 1 fully saturated rings. The lowest BCUT2D eigenvalue weighted by atomic mass is 10.0. The highest BCUT2D eigenvalue weighted by Crippen LogP contribution is 2.30. The van der Waals surface area contributed by atoms with E-state index < -0.39 is 0 Å². The number of nitrogens with zero attached hydrogens (tertiary/aromatic N) is 1. The summed E-state index contributed by atoms with van der Waals surface area (Å²) in [5.74, 6) is 0.286. The fourth-order valence-corrected chi connectivity index (χ4v) is 2.48. The van der Waals surface area contributed by atoms with E-state index in [1.54, 1.807) is 18.2 Å². The van der Waals surface area contributed by atoms with Crippen LogP contribution in [0.3, 0.4) is 0 Å². The molecule has 92 valence electrons. The summed E-state index contributed by atoms with van der Waals surface area (Å²) in [5.41, 5.74) is 1.48. The number of likely N-dealkylation sites (tertiary alicyclic amines) is 1. The number of phenolic OH excluding ortho intramolecular Hbond substituents is 1. The molecule has 1 aromatic carbocycles. The Balaban J connectivity index is 2.22. The largest absolute Gasteiger partial charge is 0.508 e. The first-order valence-electron chi connectivity index (χ1n) is 6.24. The van der Waals surface area contributed by atoms with Crippen LogP contribution in [0.2, 0.25) is 0 Å². The lowest BCUT2D eigenvalue weighted by molar-refractivity contribution is 0.112. The van der Waals surface area contributed by atoms with Gasteiger partial charge < -0.3 is 5.11 Å². The summed E-state index contributed by atoms with van der Waals surface area (Å²) in [7, 11) is 0. The van der Waals surface area contributed by atoms with Crippen molar-refractivity contribution in [3.05, 3.63) is 29.3 Å². The maximum Gasteiger partial charge on any atom is 0.150 e. The van der Waals surface area contributed by atoms with E-state index in [2.05, 4.69) is 11.8 Å². The monoisotopic (exact) mass is 233 g/mol. The van der Waals surface area contributed by atoms with Gasteiger partial charge in [-0.15, -0.1) is 0 Å². The minimum Gasteiger partial charge on any atom is -0.508 e.